The fraction of sp³-hybridized carbons (Fsp3) is 0.571. The number of anilines is 2. The Labute approximate surface area is 159 Å². The molecule has 2 aliphatic carbocycles. The monoisotopic (exact) mass is 372 g/mol. The third-order valence-corrected chi connectivity index (χ3v) is 5.79. The Morgan fingerprint density at radius 2 is 1.33 bits per heavy atom. The first kappa shape index (κ1) is 19.4. The minimum atomic E-state index is -0.900. The first-order valence-electron chi connectivity index (χ1n) is 9.99. The highest BCUT2D eigenvalue weighted by atomic mass is 16.4. The van der Waals surface area contributed by atoms with Crippen molar-refractivity contribution in [1.29, 1.82) is 0 Å². The number of carbonyl (C=O) groups is 3. The van der Waals surface area contributed by atoms with Crippen LogP contribution in [0.15, 0.2) is 24.3 Å². The topological polar surface area (TPSA) is 95.5 Å². The number of carboxylic acid groups (broad SMARTS) is 1. The van der Waals surface area contributed by atoms with Crippen LogP contribution in [0.5, 0.6) is 0 Å². The summed E-state index contributed by atoms with van der Waals surface area (Å²) < 4.78 is 0. The van der Waals surface area contributed by atoms with Crippen LogP contribution >= 0.6 is 0 Å². The first-order chi connectivity index (χ1) is 13.0. The van der Waals surface area contributed by atoms with E-state index in [1.165, 1.54) is 6.42 Å². The summed E-state index contributed by atoms with van der Waals surface area (Å²) in [5, 5.41) is 15.1. The highest BCUT2D eigenvalue weighted by Gasteiger charge is 2.35. The maximum absolute atomic E-state index is 12.6. The molecule has 146 valence electrons. The van der Waals surface area contributed by atoms with Crippen LogP contribution in [0, 0.1) is 17.8 Å². The zero-order chi connectivity index (χ0) is 19.2. The van der Waals surface area contributed by atoms with Gasteiger partial charge in [-0.15, -0.1) is 0 Å². The lowest BCUT2D eigenvalue weighted by atomic mass is 9.78. The van der Waals surface area contributed by atoms with Crippen LogP contribution in [0.2, 0.25) is 0 Å². The molecular weight excluding hydrogens is 344 g/mol. The standard InChI is InChI=1S/C21H28N2O4/c24-19(14-7-2-1-3-8-14)22-15-9-6-10-16(13-15)23-20(25)17-11-4-5-12-18(17)21(26)27/h6,9-10,13-14,17-18H,1-5,7-8,11-12H2,(H,22,24)(H,23,25)(H,26,27). The molecule has 2 fully saturated rings. The summed E-state index contributed by atoms with van der Waals surface area (Å²) in [7, 11) is 0. The van der Waals surface area contributed by atoms with Crippen LogP contribution in [0.4, 0.5) is 11.4 Å². The Kier molecular flexibility index (Phi) is 6.48. The van der Waals surface area contributed by atoms with Crippen molar-refractivity contribution in [1.82, 2.24) is 0 Å². The van der Waals surface area contributed by atoms with Crippen LogP contribution in [-0.2, 0) is 14.4 Å². The summed E-state index contributed by atoms with van der Waals surface area (Å²) >= 11 is 0. The quantitative estimate of drug-likeness (QED) is 0.727. The van der Waals surface area contributed by atoms with Crippen LogP contribution in [0.1, 0.15) is 57.8 Å². The number of nitrogens with one attached hydrogen (secondary N) is 2. The van der Waals surface area contributed by atoms with E-state index in [1.807, 2.05) is 0 Å². The van der Waals surface area contributed by atoms with E-state index in [4.69, 9.17) is 0 Å². The van der Waals surface area contributed by atoms with E-state index in [0.717, 1.165) is 38.5 Å². The molecule has 6 nitrogen and oxygen atoms in total. The number of hydrogen-bond donors (Lipinski definition) is 3. The molecule has 3 N–H and O–H groups in total. The summed E-state index contributed by atoms with van der Waals surface area (Å²) in [6, 6.07) is 7.07. The molecule has 0 aliphatic heterocycles. The van der Waals surface area contributed by atoms with Crippen molar-refractivity contribution in [2.24, 2.45) is 17.8 Å². The molecule has 2 amide bonds. The Bertz CT molecular complexity index is 697. The molecule has 0 bridgehead atoms. The SMILES string of the molecule is O=C(Nc1cccc(NC(=O)C2CCCCC2C(=O)O)c1)C1CCCCC1. The van der Waals surface area contributed by atoms with Crippen molar-refractivity contribution in [3.05, 3.63) is 24.3 Å². The normalized spacial score (nSPS) is 23.4. The van der Waals surface area contributed by atoms with Crippen molar-refractivity contribution >= 4 is 29.2 Å². The van der Waals surface area contributed by atoms with E-state index in [1.54, 1.807) is 24.3 Å². The van der Waals surface area contributed by atoms with Crippen LogP contribution in [0.3, 0.4) is 0 Å². The molecule has 27 heavy (non-hydrogen) atoms. The largest absolute Gasteiger partial charge is 0.481 e. The Morgan fingerprint density at radius 1 is 0.778 bits per heavy atom. The van der Waals surface area contributed by atoms with Crippen molar-refractivity contribution in [2.45, 2.75) is 57.8 Å². The molecule has 0 heterocycles. The second-order valence-electron chi connectivity index (χ2n) is 7.73. The third kappa shape index (κ3) is 5.08. The second-order valence-corrected chi connectivity index (χ2v) is 7.73. The smallest absolute Gasteiger partial charge is 0.307 e. The van der Waals surface area contributed by atoms with Crippen LogP contribution < -0.4 is 10.6 Å². The van der Waals surface area contributed by atoms with Gasteiger partial charge in [-0.3, -0.25) is 14.4 Å². The lowest BCUT2D eigenvalue weighted by Crippen LogP contribution is -2.36. The highest BCUT2D eigenvalue weighted by molar-refractivity contribution is 5.97. The predicted octanol–water partition coefficient (Wildman–Crippen LogP) is 4.03. The molecule has 2 atom stereocenters. The number of benzene rings is 1. The van der Waals surface area contributed by atoms with Crippen LogP contribution in [-0.4, -0.2) is 22.9 Å². The van der Waals surface area contributed by atoms with Gasteiger partial charge in [-0.05, 0) is 43.9 Å². The van der Waals surface area contributed by atoms with Crippen molar-refractivity contribution in [3.63, 3.8) is 0 Å². The zero-order valence-corrected chi connectivity index (χ0v) is 15.6. The molecule has 3 rings (SSSR count). The third-order valence-electron chi connectivity index (χ3n) is 5.79. The summed E-state index contributed by atoms with van der Waals surface area (Å²) in [5.41, 5.74) is 1.23. The van der Waals surface area contributed by atoms with Crippen LogP contribution in [0.25, 0.3) is 0 Å². The molecule has 6 heteroatoms. The van der Waals surface area contributed by atoms with E-state index in [0.29, 0.717) is 24.2 Å². The van der Waals surface area contributed by atoms with Gasteiger partial charge in [-0.2, -0.15) is 0 Å². The van der Waals surface area contributed by atoms with E-state index < -0.39 is 17.8 Å². The van der Waals surface area contributed by atoms with Gasteiger partial charge in [0.25, 0.3) is 0 Å². The van der Waals surface area contributed by atoms with Gasteiger partial charge < -0.3 is 15.7 Å². The lowest BCUT2D eigenvalue weighted by Gasteiger charge is -2.27. The van der Waals surface area contributed by atoms with E-state index >= 15 is 0 Å². The number of rotatable bonds is 5. The van der Waals surface area contributed by atoms with E-state index in [2.05, 4.69) is 10.6 Å². The van der Waals surface area contributed by atoms with Crippen molar-refractivity contribution < 1.29 is 19.5 Å². The number of hydrogen-bond acceptors (Lipinski definition) is 3. The number of carboxylic acids is 1. The lowest BCUT2D eigenvalue weighted by molar-refractivity contribution is -0.147. The summed E-state index contributed by atoms with van der Waals surface area (Å²) in [6.45, 7) is 0. The minimum absolute atomic E-state index is 0.0383. The number of amides is 2. The molecule has 2 unspecified atom stereocenters. The predicted molar refractivity (Wildman–Crippen MR) is 103 cm³/mol. The average Bonchev–Trinajstić information content (AvgIpc) is 2.69. The zero-order valence-electron chi connectivity index (χ0n) is 15.6. The Morgan fingerprint density at radius 3 is 1.96 bits per heavy atom. The Hall–Kier alpha value is -2.37. The fourth-order valence-corrected chi connectivity index (χ4v) is 4.26. The Balaban J connectivity index is 1.62. The van der Waals surface area contributed by atoms with E-state index in [9.17, 15) is 19.5 Å². The molecule has 0 spiro atoms. The molecule has 2 saturated carbocycles. The van der Waals surface area contributed by atoms with Gasteiger partial charge in [-0.1, -0.05) is 38.2 Å². The second kappa shape index (κ2) is 9.02. The molecule has 0 saturated heterocycles. The van der Waals surface area contributed by atoms with Gasteiger partial charge >= 0.3 is 5.97 Å². The molecular formula is C21H28N2O4. The van der Waals surface area contributed by atoms with Crippen molar-refractivity contribution in [2.75, 3.05) is 10.6 Å². The average molecular weight is 372 g/mol. The highest BCUT2D eigenvalue weighted by Crippen LogP contribution is 2.31. The number of carbonyl (C=O) groups excluding carboxylic acids is 2. The van der Waals surface area contributed by atoms with Crippen molar-refractivity contribution in [3.8, 4) is 0 Å². The van der Waals surface area contributed by atoms with Gasteiger partial charge in [-0.25, -0.2) is 0 Å². The van der Waals surface area contributed by atoms with Gasteiger partial charge in [0.05, 0.1) is 11.8 Å². The fourth-order valence-electron chi connectivity index (χ4n) is 4.26. The minimum Gasteiger partial charge on any atom is -0.481 e. The number of aliphatic carboxylic acids is 1. The molecule has 0 radical (unpaired) electrons. The summed E-state index contributed by atoms with van der Waals surface area (Å²) in [5.74, 6) is -2.17. The van der Waals surface area contributed by atoms with Gasteiger partial charge in [0, 0.05) is 17.3 Å². The summed E-state index contributed by atoms with van der Waals surface area (Å²) in [4.78, 5) is 36.4. The van der Waals surface area contributed by atoms with Gasteiger partial charge in [0.1, 0.15) is 0 Å². The summed E-state index contributed by atoms with van der Waals surface area (Å²) in [6.07, 6.45) is 8.13. The molecule has 2 aliphatic rings. The molecule has 1 aromatic rings. The first-order valence-corrected chi connectivity index (χ1v) is 9.99. The molecule has 0 aromatic heterocycles. The molecule has 1 aromatic carbocycles. The maximum atomic E-state index is 12.6. The van der Waals surface area contributed by atoms with Gasteiger partial charge in [0.2, 0.25) is 11.8 Å². The maximum Gasteiger partial charge on any atom is 0.307 e. The van der Waals surface area contributed by atoms with Gasteiger partial charge in [0.15, 0.2) is 0 Å². The van der Waals surface area contributed by atoms with E-state index in [-0.39, 0.29) is 17.7 Å².